The average molecular weight is 412 g/mol. The van der Waals surface area contributed by atoms with Gasteiger partial charge in [-0.2, -0.15) is 0 Å². The number of benzene rings is 1. The maximum Gasteiger partial charge on any atom is 0.410 e. The lowest BCUT2D eigenvalue weighted by molar-refractivity contribution is 0.0252. The number of nitrogens with one attached hydrogen (secondary N) is 1. The second-order valence-electron chi connectivity index (χ2n) is 8.33. The Morgan fingerprint density at radius 1 is 1.36 bits per heavy atom. The lowest BCUT2D eigenvalue weighted by atomic mass is 10.1. The second-order valence-corrected chi connectivity index (χ2v) is 8.74. The highest BCUT2D eigenvalue weighted by molar-refractivity contribution is 6.34. The summed E-state index contributed by atoms with van der Waals surface area (Å²) in [6, 6.07) is 3.64. The van der Waals surface area contributed by atoms with Gasteiger partial charge in [0.1, 0.15) is 11.4 Å². The number of nitrogens with zero attached hydrogens (tertiary/aromatic N) is 1. The van der Waals surface area contributed by atoms with Gasteiger partial charge in [-0.1, -0.05) is 24.9 Å². The number of hydrogen-bond acceptors (Lipinski definition) is 5. The normalized spacial score (nSPS) is 17.8. The van der Waals surface area contributed by atoms with Crippen LogP contribution in [-0.2, 0) is 4.74 Å². The number of carbonyl (C=O) groups is 1. The van der Waals surface area contributed by atoms with E-state index in [-0.39, 0.29) is 12.1 Å². The van der Waals surface area contributed by atoms with Crippen LogP contribution in [0.4, 0.5) is 16.2 Å². The topological polar surface area (TPSA) is 76.8 Å². The van der Waals surface area contributed by atoms with Crippen molar-refractivity contribution in [3.63, 3.8) is 0 Å². The number of nitrogens with two attached hydrogens (primary N) is 1. The first-order valence-electron chi connectivity index (χ1n) is 10.2. The van der Waals surface area contributed by atoms with Gasteiger partial charge in [0.2, 0.25) is 0 Å². The van der Waals surface area contributed by atoms with Crippen molar-refractivity contribution in [1.29, 1.82) is 0 Å². The molecule has 0 aromatic heterocycles. The van der Waals surface area contributed by atoms with E-state index in [0.717, 1.165) is 32.1 Å². The third-order valence-electron chi connectivity index (χ3n) is 4.53. The zero-order valence-electron chi connectivity index (χ0n) is 17.5. The molecule has 1 aromatic carbocycles. The van der Waals surface area contributed by atoms with Crippen LogP contribution in [0.1, 0.15) is 59.8 Å². The summed E-state index contributed by atoms with van der Waals surface area (Å²) in [5, 5.41) is 3.97. The van der Waals surface area contributed by atoms with Gasteiger partial charge >= 0.3 is 6.09 Å². The maximum atomic E-state index is 12.5. The lowest BCUT2D eigenvalue weighted by Crippen LogP contribution is -2.42. The molecule has 7 heteroatoms. The second kappa shape index (κ2) is 10.1. The van der Waals surface area contributed by atoms with E-state index in [2.05, 4.69) is 12.2 Å². The fourth-order valence-electron chi connectivity index (χ4n) is 3.13. The Balaban J connectivity index is 2.05. The summed E-state index contributed by atoms with van der Waals surface area (Å²) in [7, 11) is 0. The van der Waals surface area contributed by atoms with E-state index in [1.54, 1.807) is 17.0 Å². The number of carbonyl (C=O) groups excluding carboxylic acids is 1. The summed E-state index contributed by atoms with van der Waals surface area (Å²) in [5.41, 5.74) is 6.97. The summed E-state index contributed by atoms with van der Waals surface area (Å²) in [4.78, 5) is 14.2. The Labute approximate surface area is 173 Å². The van der Waals surface area contributed by atoms with Gasteiger partial charge in [0.15, 0.2) is 0 Å². The minimum Gasteiger partial charge on any atom is -0.493 e. The quantitative estimate of drug-likeness (QED) is 0.490. The molecule has 0 bridgehead atoms. The van der Waals surface area contributed by atoms with E-state index < -0.39 is 5.60 Å². The van der Waals surface area contributed by atoms with Crippen LogP contribution >= 0.6 is 11.6 Å². The molecule has 1 saturated heterocycles. The van der Waals surface area contributed by atoms with Crippen LogP contribution in [0.3, 0.4) is 0 Å². The Morgan fingerprint density at radius 2 is 2.11 bits per heavy atom. The van der Waals surface area contributed by atoms with Crippen molar-refractivity contribution in [1.82, 2.24) is 4.90 Å². The molecule has 28 heavy (non-hydrogen) atoms. The van der Waals surface area contributed by atoms with Gasteiger partial charge in [0.25, 0.3) is 0 Å². The van der Waals surface area contributed by atoms with Crippen molar-refractivity contribution in [2.45, 2.75) is 71.4 Å². The molecule has 158 valence electrons. The first-order valence-corrected chi connectivity index (χ1v) is 10.5. The molecule has 2 rings (SSSR count). The third-order valence-corrected chi connectivity index (χ3v) is 4.83. The van der Waals surface area contributed by atoms with Crippen LogP contribution in [0, 0.1) is 0 Å². The van der Waals surface area contributed by atoms with E-state index >= 15 is 0 Å². The molecule has 0 saturated carbocycles. The summed E-state index contributed by atoms with van der Waals surface area (Å²) < 4.78 is 11.2. The molecule has 1 heterocycles. The number of nitrogen functional groups attached to an aromatic ring is 1. The molecule has 0 radical (unpaired) electrons. The van der Waals surface area contributed by atoms with Gasteiger partial charge in [-0.3, -0.25) is 0 Å². The molecule has 0 aliphatic carbocycles. The minimum atomic E-state index is -0.506. The number of amides is 1. The van der Waals surface area contributed by atoms with Gasteiger partial charge < -0.3 is 25.4 Å². The molecular weight excluding hydrogens is 378 g/mol. The van der Waals surface area contributed by atoms with E-state index in [1.165, 1.54) is 0 Å². The summed E-state index contributed by atoms with van der Waals surface area (Å²) in [5.74, 6) is 0.678. The van der Waals surface area contributed by atoms with E-state index in [0.29, 0.717) is 41.8 Å². The first kappa shape index (κ1) is 22.5. The fraction of sp³-hybridized carbons (Fsp3) is 0.667. The summed E-state index contributed by atoms with van der Waals surface area (Å²) in [6.45, 7) is 9.65. The molecule has 0 spiro atoms. The lowest BCUT2D eigenvalue weighted by Gasteiger charge is -2.29. The molecule has 3 N–H and O–H groups in total. The molecular formula is C21H34ClN3O3. The van der Waals surface area contributed by atoms with Crippen LogP contribution in [-0.4, -0.2) is 42.3 Å². The third kappa shape index (κ3) is 6.97. The Kier molecular flexibility index (Phi) is 8.10. The van der Waals surface area contributed by atoms with Gasteiger partial charge in [0.05, 0.1) is 23.0 Å². The summed E-state index contributed by atoms with van der Waals surface area (Å²) >= 11 is 6.47. The Bertz CT molecular complexity index is 638. The van der Waals surface area contributed by atoms with Crippen molar-refractivity contribution in [3.05, 3.63) is 17.2 Å². The average Bonchev–Trinajstić information content (AvgIpc) is 2.83. The van der Waals surface area contributed by atoms with Gasteiger partial charge in [0, 0.05) is 31.3 Å². The number of ether oxygens (including phenoxy) is 2. The number of halogens is 1. The van der Waals surface area contributed by atoms with Crippen molar-refractivity contribution in [3.8, 4) is 5.75 Å². The predicted molar refractivity (Wildman–Crippen MR) is 115 cm³/mol. The zero-order valence-corrected chi connectivity index (χ0v) is 18.3. The highest BCUT2D eigenvalue weighted by Crippen LogP contribution is 2.34. The summed E-state index contributed by atoms with van der Waals surface area (Å²) in [6.07, 6.45) is 4.68. The van der Waals surface area contributed by atoms with Crippen LogP contribution in [0.25, 0.3) is 0 Å². The minimum absolute atomic E-state index is 0.0571. The van der Waals surface area contributed by atoms with Gasteiger partial charge in [-0.05, 0) is 46.5 Å². The highest BCUT2D eigenvalue weighted by Gasteiger charge is 2.27. The van der Waals surface area contributed by atoms with Crippen LogP contribution in [0.15, 0.2) is 12.1 Å². The fourth-order valence-corrected chi connectivity index (χ4v) is 3.40. The number of unbranched alkanes of at least 4 members (excludes halogenated alkanes) is 1. The molecule has 1 amide bonds. The molecule has 1 aliphatic heterocycles. The molecule has 1 atom stereocenters. The Hall–Kier alpha value is -1.82. The van der Waals surface area contributed by atoms with E-state index in [4.69, 9.17) is 26.8 Å². The maximum absolute atomic E-state index is 12.5. The zero-order chi connectivity index (χ0) is 20.7. The highest BCUT2D eigenvalue weighted by atomic mass is 35.5. The molecule has 1 fully saturated rings. The smallest absolute Gasteiger partial charge is 0.410 e. The van der Waals surface area contributed by atoms with Crippen LogP contribution in [0.5, 0.6) is 5.75 Å². The van der Waals surface area contributed by atoms with Crippen LogP contribution in [0.2, 0.25) is 5.02 Å². The van der Waals surface area contributed by atoms with Crippen molar-refractivity contribution >= 4 is 29.1 Å². The van der Waals surface area contributed by atoms with Crippen molar-refractivity contribution < 1.29 is 14.3 Å². The van der Waals surface area contributed by atoms with E-state index in [1.807, 2.05) is 20.8 Å². The van der Waals surface area contributed by atoms with E-state index in [9.17, 15) is 4.79 Å². The molecule has 0 unspecified atom stereocenters. The number of likely N-dealkylation sites (tertiary alicyclic amines) is 1. The van der Waals surface area contributed by atoms with Crippen molar-refractivity contribution in [2.75, 3.05) is 30.7 Å². The number of anilines is 2. The predicted octanol–water partition coefficient (Wildman–Crippen LogP) is 5.30. The number of hydrogen-bond donors (Lipinski definition) is 2. The standard InChI is InChI=1S/C21H34ClN3O3/c1-5-6-11-27-16-12-17(22)19(18(23)13-16)24-15-9-7-8-10-25(14-15)20(26)28-21(2,3)4/h12-13,15,24H,5-11,14,23H2,1-4H3/t15-/m1/s1. The Morgan fingerprint density at radius 3 is 2.75 bits per heavy atom. The van der Waals surface area contributed by atoms with Crippen molar-refractivity contribution in [2.24, 2.45) is 0 Å². The van der Waals surface area contributed by atoms with Gasteiger partial charge in [-0.15, -0.1) is 0 Å². The molecule has 6 nitrogen and oxygen atoms in total. The number of rotatable bonds is 6. The largest absolute Gasteiger partial charge is 0.493 e. The molecule has 1 aliphatic rings. The molecule has 1 aromatic rings. The van der Waals surface area contributed by atoms with Gasteiger partial charge in [-0.25, -0.2) is 4.79 Å². The SMILES string of the molecule is CCCCOc1cc(N)c(N[C@@H]2CCCCN(C(=O)OC(C)(C)C)C2)c(Cl)c1. The van der Waals surface area contributed by atoms with Crippen LogP contribution < -0.4 is 15.8 Å². The monoisotopic (exact) mass is 411 g/mol. The first-order chi connectivity index (χ1) is 13.2.